The summed E-state index contributed by atoms with van der Waals surface area (Å²) in [6, 6.07) is 10.6. The van der Waals surface area contributed by atoms with Gasteiger partial charge in [-0.05, 0) is 12.5 Å². The molecule has 1 saturated heterocycles. The summed E-state index contributed by atoms with van der Waals surface area (Å²) in [6.45, 7) is 8.41. The maximum Gasteiger partial charge on any atom is 0.223 e. The van der Waals surface area contributed by atoms with Crippen molar-refractivity contribution in [2.75, 3.05) is 53.4 Å². The molecule has 1 amide bonds. The third-order valence-electron chi connectivity index (χ3n) is 4.34. The third kappa shape index (κ3) is 6.38. The molecule has 0 atom stereocenters. The lowest BCUT2D eigenvalue weighted by Crippen LogP contribution is -2.52. The van der Waals surface area contributed by atoms with Crippen LogP contribution in [0.3, 0.4) is 0 Å². The molecular weight excluding hydrogens is 314 g/mol. The number of benzene rings is 1. The van der Waals surface area contributed by atoms with E-state index in [1.807, 2.05) is 0 Å². The van der Waals surface area contributed by atoms with E-state index in [9.17, 15) is 4.79 Å². The molecule has 25 heavy (non-hydrogen) atoms. The number of hydrogen-bond donors (Lipinski definition) is 1. The fraction of sp³-hybridized carbons (Fsp3) is 0.579. The molecule has 6 nitrogen and oxygen atoms in total. The highest BCUT2D eigenvalue weighted by Crippen LogP contribution is 2.08. The first-order valence-electron chi connectivity index (χ1n) is 9.10. The van der Waals surface area contributed by atoms with Crippen molar-refractivity contribution in [2.24, 2.45) is 4.99 Å². The smallest absolute Gasteiger partial charge is 0.223 e. The van der Waals surface area contributed by atoms with Gasteiger partial charge in [-0.25, -0.2) is 0 Å². The molecule has 1 N–H and O–H groups in total. The lowest BCUT2D eigenvalue weighted by atomic mass is 10.2. The first-order chi connectivity index (χ1) is 12.1. The molecule has 6 heteroatoms. The van der Waals surface area contributed by atoms with Crippen molar-refractivity contribution in [1.29, 1.82) is 0 Å². The second kappa shape index (κ2) is 10.0. The number of hydrogen-bond acceptors (Lipinski definition) is 3. The van der Waals surface area contributed by atoms with Crippen molar-refractivity contribution in [3.8, 4) is 0 Å². The molecule has 0 aliphatic carbocycles. The second-order valence-electron chi connectivity index (χ2n) is 6.52. The molecule has 1 aromatic carbocycles. The van der Waals surface area contributed by atoms with Gasteiger partial charge in [0.1, 0.15) is 0 Å². The predicted molar refractivity (Wildman–Crippen MR) is 103 cm³/mol. The summed E-state index contributed by atoms with van der Waals surface area (Å²) in [6.07, 6.45) is 0.454. The zero-order valence-electron chi connectivity index (χ0n) is 15.7. The number of amides is 1. The number of piperazine rings is 1. The number of guanidine groups is 1. The van der Waals surface area contributed by atoms with Gasteiger partial charge < -0.3 is 15.1 Å². The van der Waals surface area contributed by atoms with Crippen molar-refractivity contribution in [1.82, 2.24) is 20.0 Å². The van der Waals surface area contributed by atoms with Gasteiger partial charge in [-0.1, -0.05) is 30.3 Å². The fourth-order valence-corrected chi connectivity index (χ4v) is 2.87. The summed E-state index contributed by atoms with van der Waals surface area (Å²) in [7, 11) is 3.56. The Morgan fingerprint density at radius 3 is 2.44 bits per heavy atom. The number of rotatable bonds is 6. The molecule has 1 aliphatic heterocycles. The standard InChI is InChI=1S/C19H31N5O/c1-4-20-19(21-11-10-18(25)22(2)3)24-14-12-23(13-15-24)16-17-8-6-5-7-9-17/h5-9H,4,10-16H2,1-3H3,(H,20,21). The van der Waals surface area contributed by atoms with E-state index in [0.717, 1.165) is 45.2 Å². The fourth-order valence-electron chi connectivity index (χ4n) is 2.87. The van der Waals surface area contributed by atoms with Crippen LogP contribution in [0.25, 0.3) is 0 Å². The van der Waals surface area contributed by atoms with Crippen LogP contribution in [-0.2, 0) is 11.3 Å². The molecule has 0 unspecified atom stereocenters. The number of nitrogens with one attached hydrogen (secondary N) is 1. The quantitative estimate of drug-likeness (QED) is 0.623. The van der Waals surface area contributed by atoms with Crippen molar-refractivity contribution >= 4 is 11.9 Å². The lowest BCUT2D eigenvalue weighted by Gasteiger charge is -2.36. The number of aliphatic imine (C=N–C) groups is 1. The Morgan fingerprint density at radius 1 is 1.16 bits per heavy atom. The van der Waals surface area contributed by atoms with Crippen LogP contribution < -0.4 is 5.32 Å². The number of nitrogens with zero attached hydrogens (tertiary/aromatic N) is 4. The first kappa shape index (κ1) is 19.2. The molecular formula is C19H31N5O. The third-order valence-corrected chi connectivity index (χ3v) is 4.34. The van der Waals surface area contributed by atoms with Gasteiger partial charge in [-0.15, -0.1) is 0 Å². The Morgan fingerprint density at radius 2 is 1.84 bits per heavy atom. The molecule has 0 bridgehead atoms. The molecule has 2 rings (SSSR count). The summed E-state index contributed by atoms with van der Waals surface area (Å²) in [5.74, 6) is 1.04. The molecule has 0 spiro atoms. The summed E-state index contributed by atoms with van der Waals surface area (Å²) < 4.78 is 0. The minimum Gasteiger partial charge on any atom is -0.357 e. The first-order valence-corrected chi connectivity index (χ1v) is 9.10. The van der Waals surface area contributed by atoms with Crippen LogP contribution in [0.1, 0.15) is 18.9 Å². The normalized spacial score (nSPS) is 16.0. The molecule has 0 radical (unpaired) electrons. The maximum atomic E-state index is 11.7. The van der Waals surface area contributed by atoms with E-state index in [0.29, 0.717) is 13.0 Å². The zero-order chi connectivity index (χ0) is 18.1. The average molecular weight is 345 g/mol. The van der Waals surface area contributed by atoms with Gasteiger partial charge in [0, 0.05) is 59.8 Å². The largest absolute Gasteiger partial charge is 0.357 e. The molecule has 1 aliphatic rings. The number of carbonyl (C=O) groups is 1. The minimum atomic E-state index is 0.118. The lowest BCUT2D eigenvalue weighted by molar-refractivity contribution is -0.128. The molecule has 1 aromatic rings. The van der Waals surface area contributed by atoms with Crippen LogP contribution in [0.5, 0.6) is 0 Å². The van der Waals surface area contributed by atoms with E-state index in [1.54, 1.807) is 19.0 Å². The highest BCUT2D eigenvalue weighted by Gasteiger charge is 2.19. The topological polar surface area (TPSA) is 51.2 Å². The van der Waals surface area contributed by atoms with E-state index in [1.165, 1.54) is 5.56 Å². The zero-order valence-corrected chi connectivity index (χ0v) is 15.7. The van der Waals surface area contributed by atoms with Crippen LogP contribution >= 0.6 is 0 Å². The van der Waals surface area contributed by atoms with Gasteiger partial charge in [-0.2, -0.15) is 0 Å². The van der Waals surface area contributed by atoms with Gasteiger partial charge >= 0.3 is 0 Å². The van der Waals surface area contributed by atoms with Crippen molar-refractivity contribution in [3.05, 3.63) is 35.9 Å². The summed E-state index contributed by atoms with van der Waals surface area (Å²) in [5, 5.41) is 3.35. The summed E-state index contributed by atoms with van der Waals surface area (Å²) in [5.41, 5.74) is 1.36. The van der Waals surface area contributed by atoms with E-state index in [2.05, 4.69) is 57.4 Å². The van der Waals surface area contributed by atoms with Gasteiger partial charge in [0.05, 0.1) is 6.54 Å². The molecule has 138 valence electrons. The van der Waals surface area contributed by atoms with Crippen LogP contribution in [0.2, 0.25) is 0 Å². The maximum absolute atomic E-state index is 11.7. The van der Waals surface area contributed by atoms with Crippen LogP contribution in [0.15, 0.2) is 35.3 Å². The van der Waals surface area contributed by atoms with E-state index in [-0.39, 0.29) is 5.91 Å². The monoisotopic (exact) mass is 345 g/mol. The van der Waals surface area contributed by atoms with Gasteiger partial charge in [0.2, 0.25) is 5.91 Å². The molecule has 0 saturated carbocycles. The summed E-state index contributed by atoms with van der Waals surface area (Å²) in [4.78, 5) is 22.7. The van der Waals surface area contributed by atoms with Crippen molar-refractivity contribution < 1.29 is 4.79 Å². The molecule has 1 heterocycles. The van der Waals surface area contributed by atoms with Gasteiger partial charge in [0.15, 0.2) is 5.96 Å². The Hall–Kier alpha value is -2.08. The van der Waals surface area contributed by atoms with E-state index >= 15 is 0 Å². The number of carbonyl (C=O) groups excluding carboxylic acids is 1. The minimum absolute atomic E-state index is 0.118. The van der Waals surface area contributed by atoms with Crippen LogP contribution in [0, 0.1) is 0 Å². The van der Waals surface area contributed by atoms with Gasteiger partial charge in [-0.3, -0.25) is 14.7 Å². The van der Waals surface area contributed by atoms with Crippen LogP contribution in [0.4, 0.5) is 0 Å². The van der Waals surface area contributed by atoms with Crippen molar-refractivity contribution in [3.63, 3.8) is 0 Å². The average Bonchev–Trinajstić information content (AvgIpc) is 2.62. The van der Waals surface area contributed by atoms with Gasteiger partial charge in [0.25, 0.3) is 0 Å². The van der Waals surface area contributed by atoms with E-state index in [4.69, 9.17) is 0 Å². The molecule has 1 fully saturated rings. The Bertz CT molecular complexity index is 550. The molecule has 0 aromatic heterocycles. The Kier molecular flexibility index (Phi) is 7.73. The Balaban J connectivity index is 1.83. The van der Waals surface area contributed by atoms with Crippen LogP contribution in [-0.4, -0.2) is 79.9 Å². The van der Waals surface area contributed by atoms with E-state index < -0.39 is 0 Å². The SMILES string of the molecule is CCNC(=NCCC(=O)N(C)C)N1CCN(Cc2ccccc2)CC1. The Labute approximate surface area is 151 Å². The van der Waals surface area contributed by atoms with Crippen molar-refractivity contribution in [2.45, 2.75) is 19.9 Å². The highest BCUT2D eigenvalue weighted by molar-refractivity contribution is 5.81. The highest BCUT2D eigenvalue weighted by atomic mass is 16.2. The second-order valence-corrected chi connectivity index (χ2v) is 6.52. The predicted octanol–water partition coefficient (Wildman–Crippen LogP) is 1.25. The summed E-state index contributed by atoms with van der Waals surface area (Å²) >= 11 is 0.